The molecule has 1 atom stereocenters. The summed E-state index contributed by atoms with van der Waals surface area (Å²) in [5, 5.41) is 8.43. The van der Waals surface area contributed by atoms with Crippen molar-refractivity contribution in [1.82, 2.24) is 0 Å². The van der Waals surface area contributed by atoms with Crippen LogP contribution in [0.5, 0.6) is 0 Å². The Bertz CT molecular complexity index is 191. The Morgan fingerprint density at radius 2 is 2.40 bits per heavy atom. The second-order valence-electron chi connectivity index (χ2n) is 1.89. The standard InChI is InChI=1S/C6H14N2O2/c7-4-2-1-3-5(8)6(9)10/h5H,1-4,7-8H2,(H,9,10)/t5-/m0/s1/i4D2,5D. The minimum atomic E-state index is -2.04. The maximum atomic E-state index is 10.3. The Hall–Kier alpha value is -0.610. The molecular weight excluding hydrogens is 132 g/mol. The summed E-state index contributed by atoms with van der Waals surface area (Å²) in [5.74, 6) is -1.41. The highest BCUT2D eigenvalue weighted by atomic mass is 16.4. The van der Waals surface area contributed by atoms with E-state index in [4.69, 9.17) is 20.7 Å². The van der Waals surface area contributed by atoms with Crippen LogP contribution in [0.15, 0.2) is 0 Å². The molecule has 0 saturated heterocycles. The third-order valence-corrected chi connectivity index (χ3v) is 1.04. The van der Waals surface area contributed by atoms with Crippen molar-refractivity contribution in [2.45, 2.75) is 25.3 Å². The normalized spacial score (nSPS) is 22.0. The van der Waals surface area contributed by atoms with Gasteiger partial charge in [-0.25, -0.2) is 0 Å². The molecule has 0 aromatic carbocycles. The fraction of sp³-hybridized carbons (Fsp3) is 0.833. The number of aliphatic carboxylic acids is 1. The summed E-state index contributed by atoms with van der Waals surface area (Å²) < 4.78 is 21.0. The Balaban J connectivity index is 3.84. The first-order valence-corrected chi connectivity index (χ1v) is 2.96. The van der Waals surface area contributed by atoms with Crippen LogP contribution in [0.25, 0.3) is 0 Å². The summed E-state index contributed by atoms with van der Waals surface area (Å²) in [4.78, 5) is 10.3. The maximum Gasteiger partial charge on any atom is 0.320 e. The van der Waals surface area contributed by atoms with Crippen molar-refractivity contribution in [2.75, 3.05) is 6.50 Å². The minimum Gasteiger partial charge on any atom is -0.480 e. The second kappa shape index (κ2) is 5.20. The molecule has 0 rings (SSSR count). The van der Waals surface area contributed by atoms with E-state index in [1.807, 2.05) is 0 Å². The predicted molar refractivity (Wildman–Crippen MR) is 38.5 cm³/mol. The molecule has 0 fully saturated rings. The quantitative estimate of drug-likeness (QED) is 0.493. The van der Waals surface area contributed by atoms with Gasteiger partial charge in [-0.1, -0.05) is 6.42 Å². The number of hydrogen-bond donors (Lipinski definition) is 3. The highest BCUT2D eigenvalue weighted by Gasteiger charge is 2.09. The fourth-order valence-corrected chi connectivity index (χ4v) is 0.488. The molecule has 0 heterocycles. The summed E-state index contributed by atoms with van der Waals surface area (Å²) in [7, 11) is 0. The van der Waals surface area contributed by atoms with Crippen molar-refractivity contribution in [1.29, 1.82) is 0 Å². The van der Waals surface area contributed by atoms with Crippen molar-refractivity contribution in [3.8, 4) is 0 Å². The van der Waals surface area contributed by atoms with Crippen LogP contribution in [0.2, 0.25) is 0 Å². The summed E-state index contributed by atoms with van der Waals surface area (Å²) in [6.45, 7) is -1.82. The first kappa shape index (κ1) is 5.09. The molecule has 0 saturated carbocycles. The molecule has 0 aliphatic heterocycles. The number of nitrogens with two attached hydrogens (primary N) is 2. The van der Waals surface area contributed by atoms with Crippen molar-refractivity contribution < 1.29 is 14.0 Å². The number of carboxylic acid groups (broad SMARTS) is 1. The molecular formula is C6H14N2O2. The average molecular weight is 149 g/mol. The lowest BCUT2D eigenvalue weighted by atomic mass is 10.1. The molecule has 0 unspecified atom stereocenters. The van der Waals surface area contributed by atoms with Crippen LogP contribution < -0.4 is 11.5 Å². The Morgan fingerprint density at radius 3 is 2.80 bits per heavy atom. The zero-order valence-electron chi connectivity index (χ0n) is 8.63. The van der Waals surface area contributed by atoms with Crippen LogP contribution in [-0.4, -0.2) is 23.6 Å². The molecule has 0 bridgehead atoms. The van der Waals surface area contributed by atoms with Gasteiger partial charge in [0.15, 0.2) is 0 Å². The summed E-state index contributed by atoms with van der Waals surface area (Å²) in [5.41, 5.74) is 10.1. The molecule has 0 amide bonds. The van der Waals surface area contributed by atoms with Gasteiger partial charge in [0.05, 0.1) is 1.37 Å². The van der Waals surface area contributed by atoms with E-state index >= 15 is 0 Å². The molecule has 0 aromatic heterocycles. The monoisotopic (exact) mass is 149 g/mol. The van der Waals surface area contributed by atoms with E-state index < -0.39 is 18.5 Å². The van der Waals surface area contributed by atoms with E-state index in [1.54, 1.807) is 0 Å². The molecule has 0 aliphatic rings. The van der Waals surface area contributed by atoms with E-state index in [1.165, 1.54) is 0 Å². The maximum absolute atomic E-state index is 10.3. The molecule has 10 heavy (non-hydrogen) atoms. The van der Waals surface area contributed by atoms with Gasteiger partial charge < -0.3 is 16.6 Å². The van der Waals surface area contributed by atoms with Gasteiger partial charge in [0.1, 0.15) is 6.02 Å². The molecule has 0 radical (unpaired) electrons. The minimum absolute atomic E-state index is 0.00188. The zero-order valence-corrected chi connectivity index (χ0v) is 5.63. The lowest BCUT2D eigenvalue weighted by Gasteiger charge is -2.03. The van der Waals surface area contributed by atoms with E-state index in [0.717, 1.165) is 0 Å². The smallest absolute Gasteiger partial charge is 0.320 e. The van der Waals surface area contributed by atoms with Gasteiger partial charge in [0.25, 0.3) is 0 Å². The van der Waals surface area contributed by atoms with Gasteiger partial charge in [-0.3, -0.25) is 4.79 Å². The van der Waals surface area contributed by atoms with Crippen LogP contribution in [0.4, 0.5) is 0 Å². The first-order chi connectivity index (χ1) is 5.65. The van der Waals surface area contributed by atoms with Crippen molar-refractivity contribution in [3.63, 3.8) is 0 Å². The fourth-order valence-electron chi connectivity index (χ4n) is 0.488. The van der Waals surface area contributed by atoms with E-state index in [0.29, 0.717) is 0 Å². The van der Waals surface area contributed by atoms with Crippen LogP contribution >= 0.6 is 0 Å². The topological polar surface area (TPSA) is 89.3 Å². The van der Waals surface area contributed by atoms with Gasteiger partial charge in [-0.05, 0) is 19.3 Å². The number of rotatable bonds is 5. The number of carbonyl (C=O) groups is 1. The third-order valence-electron chi connectivity index (χ3n) is 1.04. The van der Waals surface area contributed by atoms with Gasteiger partial charge in [0, 0.05) is 2.74 Å². The van der Waals surface area contributed by atoms with Gasteiger partial charge in [0.2, 0.25) is 0 Å². The number of hydrogen-bond acceptors (Lipinski definition) is 3. The molecule has 0 aromatic rings. The molecule has 60 valence electrons. The Morgan fingerprint density at radius 1 is 1.80 bits per heavy atom. The molecule has 4 nitrogen and oxygen atoms in total. The average Bonchev–Trinajstić information content (AvgIpc) is 1.82. The van der Waals surface area contributed by atoms with Crippen LogP contribution in [0, 0.1) is 0 Å². The van der Waals surface area contributed by atoms with E-state index in [-0.39, 0.29) is 19.3 Å². The SMILES string of the molecule is [2H]C([2H])(N)CCC[C@]([2H])(N)C(=O)O. The molecule has 4 heteroatoms. The van der Waals surface area contributed by atoms with Crippen molar-refractivity contribution in [2.24, 2.45) is 11.5 Å². The van der Waals surface area contributed by atoms with Gasteiger partial charge >= 0.3 is 5.97 Å². The Kier molecular flexibility index (Phi) is 2.65. The van der Waals surface area contributed by atoms with Gasteiger partial charge in [-0.2, -0.15) is 0 Å². The summed E-state index contributed by atoms with van der Waals surface area (Å²) >= 11 is 0. The highest BCUT2D eigenvalue weighted by molar-refractivity contribution is 5.72. The van der Waals surface area contributed by atoms with Crippen LogP contribution in [0.1, 0.15) is 23.4 Å². The van der Waals surface area contributed by atoms with Crippen molar-refractivity contribution >= 4 is 5.97 Å². The molecule has 0 aliphatic carbocycles. The zero-order chi connectivity index (χ0) is 10.7. The summed E-state index contributed by atoms with van der Waals surface area (Å²) in [6.07, 6.45) is 0.0625. The first-order valence-electron chi connectivity index (χ1n) is 4.46. The number of carboxylic acids is 1. The van der Waals surface area contributed by atoms with Crippen LogP contribution in [-0.2, 0) is 4.79 Å². The molecule has 5 N–H and O–H groups in total. The predicted octanol–water partition coefficient (Wildman–Crippen LogP) is -0.473. The highest BCUT2D eigenvalue weighted by Crippen LogP contribution is 1.96. The second-order valence-corrected chi connectivity index (χ2v) is 1.89. The van der Waals surface area contributed by atoms with Gasteiger partial charge in [-0.15, -0.1) is 0 Å². The lowest BCUT2D eigenvalue weighted by Crippen LogP contribution is -2.29. The lowest BCUT2D eigenvalue weighted by molar-refractivity contribution is -0.138. The largest absolute Gasteiger partial charge is 0.480 e. The van der Waals surface area contributed by atoms with E-state index in [2.05, 4.69) is 0 Å². The Labute approximate surface area is 64.4 Å². The van der Waals surface area contributed by atoms with E-state index in [9.17, 15) is 4.79 Å². The summed E-state index contributed by atoms with van der Waals surface area (Å²) in [6, 6.07) is -2.04. The molecule has 0 spiro atoms. The third kappa shape index (κ3) is 4.29. The van der Waals surface area contributed by atoms with Crippen molar-refractivity contribution in [3.05, 3.63) is 0 Å². The van der Waals surface area contributed by atoms with Crippen LogP contribution in [0.3, 0.4) is 0 Å².